The molecular formula is C19H24N2O2S. The zero-order chi connectivity index (χ0) is 17.2. The lowest BCUT2D eigenvalue weighted by Crippen LogP contribution is -2.40. The summed E-state index contributed by atoms with van der Waals surface area (Å²) in [5.41, 5.74) is 2.98. The molecule has 1 aliphatic heterocycles. The summed E-state index contributed by atoms with van der Waals surface area (Å²) < 4.78 is 27.4. The highest BCUT2D eigenvalue weighted by Crippen LogP contribution is 2.37. The van der Waals surface area contributed by atoms with E-state index in [2.05, 4.69) is 4.90 Å². The number of anilines is 1. The van der Waals surface area contributed by atoms with Crippen molar-refractivity contribution in [1.29, 1.82) is 0 Å². The molecule has 1 atom stereocenters. The first-order valence-corrected chi connectivity index (χ1v) is 9.89. The normalized spacial score (nSPS) is 17.8. The molecule has 3 rings (SSSR count). The van der Waals surface area contributed by atoms with Gasteiger partial charge in [0.2, 0.25) is 10.0 Å². The summed E-state index contributed by atoms with van der Waals surface area (Å²) >= 11 is 0. The Bertz CT molecular complexity index is 788. The van der Waals surface area contributed by atoms with Gasteiger partial charge in [-0.1, -0.05) is 48.5 Å². The minimum atomic E-state index is -3.33. The number of nitrogens with zero attached hydrogens (tertiary/aromatic N) is 2. The minimum Gasteiger partial charge on any atom is -0.302 e. The van der Waals surface area contributed by atoms with Crippen LogP contribution in [0.5, 0.6) is 0 Å². The summed E-state index contributed by atoms with van der Waals surface area (Å²) in [4.78, 5) is 2.16. The molecule has 0 fully saturated rings. The molecule has 0 saturated carbocycles. The van der Waals surface area contributed by atoms with Gasteiger partial charge in [-0.25, -0.2) is 8.42 Å². The van der Waals surface area contributed by atoms with E-state index >= 15 is 0 Å². The first-order valence-electron chi connectivity index (χ1n) is 8.29. The maximum absolute atomic E-state index is 12.9. The highest BCUT2D eigenvalue weighted by atomic mass is 32.2. The van der Waals surface area contributed by atoms with E-state index in [1.807, 2.05) is 68.7 Å². The Morgan fingerprint density at radius 3 is 2.42 bits per heavy atom. The largest absolute Gasteiger partial charge is 0.302 e. The topological polar surface area (TPSA) is 40.6 Å². The van der Waals surface area contributed by atoms with Crippen LogP contribution in [0.25, 0.3) is 0 Å². The fourth-order valence-corrected chi connectivity index (χ4v) is 4.90. The second kappa shape index (κ2) is 6.95. The molecule has 0 spiro atoms. The third-order valence-corrected chi connectivity index (χ3v) is 6.39. The van der Waals surface area contributed by atoms with Crippen molar-refractivity contribution in [3.05, 3.63) is 65.7 Å². The van der Waals surface area contributed by atoms with E-state index in [4.69, 9.17) is 0 Å². The van der Waals surface area contributed by atoms with Gasteiger partial charge in [0.1, 0.15) is 0 Å². The van der Waals surface area contributed by atoms with Gasteiger partial charge in [0.25, 0.3) is 0 Å². The smallest absolute Gasteiger partial charge is 0.235 e. The zero-order valence-corrected chi connectivity index (χ0v) is 15.0. The van der Waals surface area contributed by atoms with Crippen LogP contribution in [0.4, 0.5) is 5.69 Å². The summed E-state index contributed by atoms with van der Waals surface area (Å²) in [6.45, 7) is 0.539. The molecule has 0 radical (unpaired) electrons. The number of aryl methyl sites for hydroxylation is 1. The zero-order valence-electron chi connectivity index (χ0n) is 14.2. The van der Waals surface area contributed by atoms with Crippen LogP contribution in [-0.2, 0) is 16.4 Å². The highest BCUT2D eigenvalue weighted by molar-refractivity contribution is 7.92. The van der Waals surface area contributed by atoms with Crippen LogP contribution in [-0.4, -0.2) is 39.7 Å². The Kier molecular flexibility index (Phi) is 4.92. The summed E-state index contributed by atoms with van der Waals surface area (Å²) in [7, 11) is 0.756. The van der Waals surface area contributed by atoms with Crippen LogP contribution in [0.1, 0.15) is 23.6 Å². The van der Waals surface area contributed by atoms with Gasteiger partial charge in [-0.15, -0.1) is 0 Å². The quantitative estimate of drug-likeness (QED) is 0.837. The molecule has 5 heteroatoms. The van der Waals surface area contributed by atoms with Crippen LogP contribution in [0.15, 0.2) is 54.6 Å². The van der Waals surface area contributed by atoms with E-state index in [-0.39, 0.29) is 11.8 Å². The number of rotatable bonds is 5. The molecule has 0 N–H and O–H groups in total. The summed E-state index contributed by atoms with van der Waals surface area (Å²) in [6, 6.07) is 17.9. The van der Waals surface area contributed by atoms with Gasteiger partial charge in [-0.2, -0.15) is 0 Å². The Balaban J connectivity index is 1.84. The minimum absolute atomic E-state index is 0.137. The van der Waals surface area contributed by atoms with E-state index in [9.17, 15) is 8.42 Å². The van der Waals surface area contributed by atoms with Crippen molar-refractivity contribution in [2.75, 3.05) is 30.7 Å². The van der Waals surface area contributed by atoms with Crippen molar-refractivity contribution in [2.24, 2.45) is 0 Å². The maximum Gasteiger partial charge on any atom is 0.235 e. The molecule has 128 valence electrons. The Morgan fingerprint density at radius 1 is 1.04 bits per heavy atom. The second-order valence-corrected chi connectivity index (χ2v) is 8.46. The van der Waals surface area contributed by atoms with E-state index < -0.39 is 10.0 Å². The molecule has 2 aromatic carbocycles. The van der Waals surface area contributed by atoms with E-state index in [0.717, 1.165) is 23.2 Å². The summed E-state index contributed by atoms with van der Waals surface area (Å²) in [5, 5.41) is 0. The lowest BCUT2D eigenvalue weighted by atomic mass is 9.97. The van der Waals surface area contributed by atoms with Crippen molar-refractivity contribution in [3.63, 3.8) is 0 Å². The number of hydrogen-bond acceptors (Lipinski definition) is 3. The Labute approximate surface area is 144 Å². The van der Waals surface area contributed by atoms with E-state index in [0.29, 0.717) is 13.0 Å². The molecule has 1 heterocycles. The molecule has 0 bridgehead atoms. The van der Waals surface area contributed by atoms with Crippen LogP contribution in [0, 0.1) is 0 Å². The molecule has 0 aromatic heterocycles. The fourth-order valence-electron chi connectivity index (χ4n) is 3.34. The molecule has 0 aliphatic carbocycles. The van der Waals surface area contributed by atoms with Crippen molar-refractivity contribution in [1.82, 2.24) is 4.90 Å². The molecule has 2 aromatic rings. The summed E-state index contributed by atoms with van der Waals surface area (Å²) in [6.07, 6.45) is 1.35. The number of benzene rings is 2. The third kappa shape index (κ3) is 3.47. The first kappa shape index (κ1) is 17.0. The predicted molar refractivity (Wildman–Crippen MR) is 98.8 cm³/mol. The van der Waals surface area contributed by atoms with Crippen molar-refractivity contribution in [3.8, 4) is 0 Å². The molecule has 4 nitrogen and oxygen atoms in total. The van der Waals surface area contributed by atoms with Gasteiger partial charge >= 0.3 is 0 Å². The third-order valence-electron chi connectivity index (χ3n) is 4.62. The van der Waals surface area contributed by atoms with Gasteiger partial charge in [0.15, 0.2) is 0 Å². The molecule has 1 aliphatic rings. The molecule has 1 unspecified atom stereocenters. The fraction of sp³-hybridized carbons (Fsp3) is 0.368. The number of para-hydroxylation sites is 1. The van der Waals surface area contributed by atoms with Crippen LogP contribution in [0.2, 0.25) is 0 Å². The molecule has 0 amide bonds. The SMILES string of the molecule is CN(C)C1CCN(S(=O)(=O)CCc2ccccc2)c2ccccc21. The number of hydrogen-bond donors (Lipinski definition) is 0. The highest BCUT2D eigenvalue weighted by Gasteiger charge is 2.32. The van der Waals surface area contributed by atoms with Crippen LogP contribution in [0.3, 0.4) is 0 Å². The van der Waals surface area contributed by atoms with Gasteiger partial charge in [-0.05, 0) is 44.1 Å². The van der Waals surface area contributed by atoms with Gasteiger partial charge in [-0.3, -0.25) is 4.31 Å². The lowest BCUT2D eigenvalue weighted by molar-refractivity contribution is 0.281. The van der Waals surface area contributed by atoms with E-state index in [1.165, 1.54) is 0 Å². The van der Waals surface area contributed by atoms with Crippen molar-refractivity contribution < 1.29 is 8.42 Å². The van der Waals surface area contributed by atoms with Crippen molar-refractivity contribution in [2.45, 2.75) is 18.9 Å². The second-order valence-electron chi connectivity index (χ2n) is 6.45. The van der Waals surface area contributed by atoms with Gasteiger partial charge in [0, 0.05) is 12.6 Å². The summed E-state index contributed by atoms with van der Waals surface area (Å²) in [5.74, 6) is 0.137. The van der Waals surface area contributed by atoms with Gasteiger partial charge < -0.3 is 4.90 Å². The van der Waals surface area contributed by atoms with Gasteiger partial charge in [0.05, 0.1) is 11.4 Å². The molecule has 24 heavy (non-hydrogen) atoms. The lowest BCUT2D eigenvalue weighted by Gasteiger charge is -2.37. The molecule has 0 saturated heterocycles. The first-order chi connectivity index (χ1) is 11.5. The number of fused-ring (bicyclic) bond motifs is 1. The van der Waals surface area contributed by atoms with Crippen LogP contribution >= 0.6 is 0 Å². The van der Waals surface area contributed by atoms with Crippen LogP contribution < -0.4 is 4.31 Å². The average molecular weight is 344 g/mol. The van der Waals surface area contributed by atoms with Crippen molar-refractivity contribution >= 4 is 15.7 Å². The Morgan fingerprint density at radius 2 is 1.71 bits per heavy atom. The van der Waals surface area contributed by atoms with E-state index in [1.54, 1.807) is 4.31 Å². The average Bonchev–Trinajstić information content (AvgIpc) is 2.60. The Hall–Kier alpha value is -1.85. The molecular weight excluding hydrogens is 320 g/mol. The maximum atomic E-state index is 12.9. The standard InChI is InChI=1S/C19H24N2O2S/c1-20(2)18-12-14-21(19-11-7-6-10-17(18)19)24(22,23)15-13-16-8-4-3-5-9-16/h3-11,18H,12-15H2,1-2H3. The number of sulfonamides is 1. The predicted octanol–water partition coefficient (Wildman–Crippen LogP) is 3.07. The monoisotopic (exact) mass is 344 g/mol.